The Bertz CT molecular complexity index is 910. The van der Waals surface area contributed by atoms with Crippen LogP contribution in [-0.4, -0.2) is 42.7 Å². The molecule has 1 saturated carbocycles. The molecule has 1 fully saturated rings. The van der Waals surface area contributed by atoms with Crippen LogP contribution in [0, 0.1) is 0 Å². The molecule has 0 saturated heterocycles. The fourth-order valence-electron chi connectivity index (χ4n) is 3.33. The highest BCUT2D eigenvalue weighted by Crippen LogP contribution is 2.36. The van der Waals surface area contributed by atoms with Gasteiger partial charge in [0, 0.05) is 31.4 Å². The van der Waals surface area contributed by atoms with Gasteiger partial charge in [-0.05, 0) is 37.3 Å². The molecule has 27 heavy (non-hydrogen) atoms. The maximum absolute atomic E-state index is 12.3. The maximum atomic E-state index is 12.3. The van der Waals surface area contributed by atoms with E-state index in [1.165, 1.54) is 0 Å². The molecule has 142 valence electrons. The van der Waals surface area contributed by atoms with Crippen molar-refractivity contribution >= 4 is 17.7 Å². The predicted octanol–water partition coefficient (Wildman–Crippen LogP) is 2.19. The summed E-state index contributed by atoms with van der Waals surface area (Å²) in [6.45, 7) is 0.597. The SMILES string of the molecule is CSCc1ccc(C(=O)NC2CC(c3nnc(Cn4cccn4)n3C)C2)o1. The van der Waals surface area contributed by atoms with E-state index in [0.717, 1.165) is 36.0 Å². The summed E-state index contributed by atoms with van der Waals surface area (Å²) < 4.78 is 9.43. The third-order valence-corrected chi connectivity index (χ3v) is 5.44. The molecule has 3 heterocycles. The first-order valence-corrected chi connectivity index (χ1v) is 10.3. The summed E-state index contributed by atoms with van der Waals surface area (Å²) in [4.78, 5) is 12.3. The van der Waals surface area contributed by atoms with Crippen molar-refractivity contribution in [2.75, 3.05) is 6.26 Å². The van der Waals surface area contributed by atoms with E-state index in [2.05, 4.69) is 20.6 Å². The number of rotatable bonds is 7. The second-order valence-corrected chi connectivity index (χ2v) is 7.64. The monoisotopic (exact) mass is 386 g/mol. The van der Waals surface area contributed by atoms with E-state index in [4.69, 9.17) is 4.42 Å². The van der Waals surface area contributed by atoms with Gasteiger partial charge in [-0.2, -0.15) is 16.9 Å². The van der Waals surface area contributed by atoms with Crippen molar-refractivity contribution in [1.29, 1.82) is 0 Å². The zero-order valence-corrected chi connectivity index (χ0v) is 16.1. The van der Waals surface area contributed by atoms with Crippen LogP contribution >= 0.6 is 11.8 Å². The number of thioether (sulfide) groups is 1. The zero-order chi connectivity index (χ0) is 18.8. The highest BCUT2D eigenvalue weighted by atomic mass is 32.2. The lowest BCUT2D eigenvalue weighted by atomic mass is 9.79. The molecule has 1 aliphatic carbocycles. The lowest BCUT2D eigenvalue weighted by molar-refractivity contribution is 0.0877. The molecule has 0 radical (unpaired) electrons. The summed E-state index contributed by atoms with van der Waals surface area (Å²) in [6, 6.07) is 5.62. The van der Waals surface area contributed by atoms with Crippen molar-refractivity contribution in [3.05, 3.63) is 53.8 Å². The molecule has 4 rings (SSSR count). The van der Waals surface area contributed by atoms with Gasteiger partial charge in [-0.1, -0.05) is 0 Å². The van der Waals surface area contributed by atoms with Crippen LogP contribution in [0.3, 0.4) is 0 Å². The molecule has 0 aromatic carbocycles. The highest BCUT2D eigenvalue weighted by Gasteiger charge is 2.35. The Kier molecular flexibility index (Phi) is 5.02. The first-order valence-electron chi connectivity index (χ1n) is 8.88. The summed E-state index contributed by atoms with van der Waals surface area (Å²) in [5, 5.41) is 15.9. The molecule has 0 spiro atoms. The Balaban J connectivity index is 1.31. The molecular weight excluding hydrogens is 364 g/mol. The number of nitrogens with one attached hydrogen (secondary N) is 1. The van der Waals surface area contributed by atoms with Gasteiger partial charge in [0.25, 0.3) is 5.91 Å². The normalized spacial score (nSPS) is 19.0. The van der Waals surface area contributed by atoms with Crippen molar-refractivity contribution in [2.45, 2.75) is 37.1 Å². The average molecular weight is 386 g/mol. The molecule has 0 bridgehead atoms. The first kappa shape index (κ1) is 17.8. The van der Waals surface area contributed by atoms with Gasteiger partial charge in [0.15, 0.2) is 11.6 Å². The van der Waals surface area contributed by atoms with E-state index in [9.17, 15) is 4.79 Å². The molecule has 1 N–H and O–H groups in total. The molecule has 1 amide bonds. The van der Waals surface area contributed by atoms with Crippen LogP contribution < -0.4 is 5.32 Å². The quantitative estimate of drug-likeness (QED) is 0.669. The summed E-state index contributed by atoms with van der Waals surface area (Å²) in [7, 11) is 1.98. The van der Waals surface area contributed by atoms with Crippen LogP contribution in [0.1, 0.15) is 46.7 Å². The van der Waals surface area contributed by atoms with Gasteiger partial charge in [0.1, 0.15) is 18.1 Å². The Hall–Kier alpha value is -2.55. The van der Waals surface area contributed by atoms with Crippen molar-refractivity contribution < 1.29 is 9.21 Å². The van der Waals surface area contributed by atoms with Crippen molar-refractivity contribution in [3.63, 3.8) is 0 Å². The van der Waals surface area contributed by atoms with Crippen molar-refractivity contribution in [3.8, 4) is 0 Å². The Labute approximate surface area is 161 Å². The van der Waals surface area contributed by atoms with Gasteiger partial charge in [0.2, 0.25) is 0 Å². The predicted molar refractivity (Wildman–Crippen MR) is 101 cm³/mol. The lowest BCUT2D eigenvalue weighted by Crippen LogP contribution is -2.43. The van der Waals surface area contributed by atoms with Crippen LogP contribution in [-0.2, 0) is 19.3 Å². The number of furan rings is 1. The number of hydrogen-bond donors (Lipinski definition) is 1. The van der Waals surface area contributed by atoms with E-state index in [-0.39, 0.29) is 11.9 Å². The average Bonchev–Trinajstić information content (AvgIpc) is 3.35. The summed E-state index contributed by atoms with van der Waals surface area (Å²) in [5.41, 5.74) is 0. The molecule has 8 nitrogen and oxygen atoms in total. The number of hydrogen-bond acceptors (Lipinski definition) is 6. The third-order valence-electron chi connectivity index (χ3n) is 4.87. The molecule has 9 heteroatoms. The first-order chi connectivity index (χ1) is 13.1. The molecule has 0 aliphatic heterocycles. The topological polar surface area (TPSA) is 90.8 Å². The molecule has 1 aliphatic rings. The van der Waals surface area contributed by atoms with Gasteiger partial charge in [-0.15, -0.1) is 10.2 Å². The molecular formula is C18H22N6O2S. The van der Waals surface area contributed by atoms with Gasteiger partial charge in [0.05, 0.1) is 5.75 Å². The van der Waals surface area contributed by atoms with E-state index in [1.54, 1.807) is 24.0 Å². The van der Waals surface area contributed by atoms with Crippen LogP contribution in [0.4, 0.5) is 0 Å². The van der Waals surface area contributed by atoms with Gasteiger partial charge >= 0.3 is 0 Å². The molecule has 3 aromatic heterocycles. The standard InChI is InChI=1S/C18H22N6O2S/c1-23-16(10-24-7-3-6-19-24)21-22-17(23)12-8-13(9-12)20-18(25)15-5-4-14(26-15)11-27-2/h3-7,12-13H,8-11H2,1-2H3,(H,20,25). The van der Waals surface area contributed by atoms with E-state index in [0.29, 0.717) is 18.2 Å². The number of carbonyl (C=O) groups excluding carboxylic acids is 1. The minimum absolute atomic E-state index is 0.142. The van der Waals surface area contributed by atoms with Crippen molar-refractivity contribution in [2.24, 2.45) is 7.05 Å². The zero-order valence-electron chi connectivity index (χ0n) is 15.3. The second-order valence-electron chi connectivity index (χ2n) is 6.77. The van der Waals surface area contributed by atoms with Crippen LogP contribution in [0.5, 0.6) is 0 Å². The highest BCUT2D eigenvalue weighted by molar-refractivity contribution is 7.97. The van der Waals surface area contributed by atoms with Crippen LogP contribution in [0.2, 0.25) is 0 Å². The fourth-order valence-corrected chi connectivity index (χ4v) is 3.77. The minimum atomic E-state index is -0.150. The summed E-state index contributed by atoms with van der Waals surface area (Å²) in [6.07, 6.45) is 7.38. The minimum Gasteiger partial charge on any atom is -0.455 e. The molecule has 0 unspecified atom stereocenters. The number of amides is 1. The molecule has 0 atom stereocenters. The second kappa shape index (κ2) is 7.59. The Morgan fingerprint density at radius 1 is 1.37 bits per heavy atom. The van der Waals surface area contributed by atoms with Gasteiger partial charge < -0.3 is 14.3 Å². The van der Waals surface area contributed by atoms with Gasteiger partial charge in [-0.25, -0.2) is 0 Å². The molecule has 3 aromatic rings. The third kappa shape index (κ3) is 3.78. The largest absolute Gasteiger partial charge is 0.455 e. The number of aromatic nitrogens is 5. The van der Waals surface area contributed by atoms with Crippen molar-refractivity contribution in [1.82, 2.24) is 29.9 Å². The lowest BCUT2D eigenvalue weighted by Gasteiger charge is -2.34. The smallest absolute Gasteiger partial charge is 0.287 e. The Morgan fingerprint density at radius 3 is 2.96 bits per heavy atom. The summed E-state index contributed by atoms with van der Waals surface area (Å²) >= 11 is 1.67. The summed E-state index contributed by atoms with van der Waals surface area (Å²) in [5.74, 6) is 3.96. The van der Waals surface area contributed by atoms with Gasteiger partial charge in [-0.3, -0.25) is 9.48 Å². The van der Waals surface area contributed by atoms with E-state index in [1.807, 2.05) is 40.9 Å². The maximum Gasteiger partial charge on any atom is 0.287 e. The van der Waals surface area contributed by atoms with Crippen LogP contribution in [0.25, 0.3) is 0 Å². The Morgan fingerprint density at radius 2 is 2.22 bits per heavy atom. The van der Waals surface area contributed by atoms with E-state index < -0.39 is 0 Å². The fraction of sp³-hybridized carbons (Fsp3) is 0.444. The number of nitrogens with zero attached hydrogens (tertiary/aromatic N) is 5. The number of carbonyl (C=O) groups is 1. The van der Waals surface area contributed by atoms with Crippen LogP contribution in [0.15, 0.2) is 35.0 Å². The van der Waals surface area contributed by atoms with E-state index >= 15 is 0 Å².